The average molecular weight is 402 g/mol. The summed E-state index contributed by atoms with van der Waals surface area (Å²) in [6.07, 6.45) is 0.342. The van der Waals surface area contributed by atoms with E-state index in [0.29, 0.717) is 17.7 Å². The molecule has 29 heavy (non-hydrogen) atoms. The number of esters is 1. The number of benzene rings is 2. The van der Waals surface area contributed by atoms with E-state index in [1.165, 1.54) is 19.2 Å². The first-order chi connectivity index (χ1) is 13.9. The summed E-state index contributed by atoms with van der Waals surface area (Å²) in [5.41, 5.74) is 7.01. The van der Waals surface area contributed by atoms with E-state index in [9.17, 15) is 19.1 Å². The molecule has 0 spiro atoms. The zero-order chi connectivity index (χ0) is 21.0. The number of aromatic hydroxyl groups is 1. The van der Waals surface area contributed by atoms with Crippen LogP contribution < -0.4 is 16.2 Å². The Bertz CT molecular complexity index is 1060. The van der Waals surface area contributed by atoms with Crippen molar-refractivity contribution in [2.24, 2.45) is 5.73 Å². The Balaban J connectivity index is 1.66. The molecular formula is C20H19FN2O6. The van der Waals surface area contributed by atoms with Crippen molar-refractivity contribution in [1.29, 1.82) is 0 Å². The fourth-order valence-corrected chi connectivity index (χ4v) is 2.70. The molecule has 1 atom stereocenters. The maximum atomic E-state index is 14.4. The first-order valence-electron chi connectivity index (χ1n) is 8.65. The summed E-state index contributed by atoms with van der Waals surface area (Å²) in [5.74, 6) is -1.86. The van der Waals surface area contributed by atoms with Crippen LogP contribution >= 0.6 is 0 Å². The van der Waals surface area contributed by atoms with Gasteiger partial charge in [-0.25, -0.2) is 9.18 Å². The lowest BCUT2D eigenvalue weighted by atomic mass is 10.1. The van der Waals surface area contributed by atoms with Crippen LogP contribution in [0.2, 0.25) is 0 Å². The summed E-state index contributed by atoms with van der Waals surface area (Å²) in [6, 6.07) is 10.2. The van der Waals surface area contributed by atoms with Crippen LogP contribution in [-0.2, 0) is 22.4 Å². The fraction of sp³-hybridized carbons (Fsp3) is 0.200. The Labute approximate surface area is 164 Å². The van der Waals surface area contributed by atoms with Crippen molar-refractivity contribution in [1.82, 2.24) is 4.98 Å². The second-order valence-electron chi connectivity index (χ2n) is 6.31. The molecule has 0 aliphatic rings. The van der Waals surface area contributed by atoms with E-state index in [1.807, 2.05) is 0 Å². The predicted molar refractivity (Wildman–Crippen MR) is 100 cm³/mol. The van der Waals surface area contributed by atoms with Crippen LogP contribution in [0.3, 0.4) is 0 Å². The smallest absolute Gasteiger partial charge is 0.419 e. The molecule has 9 heteroatoms. The second-order valence-corrected chi connectivity index (χ2v) is 6.31. The highest BCUT2D eigenvalue weighted by Gasteiger charge is 2.15. The SMILES string of the molecule is COC(=O)C(N)Cc1ccc(Oc2ccc(Cc3oc(=O)[nH]c3O)cc2F)cc1. The van der Waals surface area contributed by atoms with Crippen LogP contribution in [0.15, 0.2) is 51.7 Å². The lowest BCUT2D eigenvalue weighted by Crippen LogP contribution is -2.33. The molecule has 0 fully saturated rings. The normalized spacial score (nSPS) is 11.8. The van der Waals surface area contributed by atoms with Crippen LogP contribution in [0.5, 0.6) is 17.4 Å². The molecule has 0 aliphatic heterocycles. The van der Waals surface area contributed by atoms with Crippen molar-refractivity contribution >= 4 is 5.97 Å². The number of carbonyl (C=O) groups excluding carboxylic acids is 1. The minimum absolute atomic E-state index is 0.00695. The Hall–Kier alpha value is -3.59. The highest BCUT2D eigenvalue weighted by Crippen LogP contribution is 2.27. The van der Waals surface area contributed by atoms with E-state index >= 15 is 0 Å². The maximum absolute atomic E-state index is 14.4. The summed E-state index contributed by atoms with van der Waals surface area (Å²) < 4.78 is 29.3. The van der Waals surface area contributed by atoms with Crippen LogP contribution in [-0.4, -0.2) is 29.2 Å². The van der Waals surface area contributed by atoms with Gasteiger partial charge >= 0.3 is 11.7 Å². The van der Waals surface area contributed by atoms with Crippen molar-refractivity contribution in [3.05, 3.63) is 75.7 Å². The number of aromatic amines is 1. The van der Waals surface area contributed by atoms with E-state index in [4.69, 9.17) is 14.9 Å². The summed E-state index contributed by atoms with van der Waals surface area (Å²) >= 11 is 0. The van der Waals surface area contributed by atoms with Crippen LogP contribution in [0.25, 0.3) is 0 Å². The molecule has 0 saturated carbocycles. The molecule has 2 aromatic carbocycles. The van der Waals surface area contributed by atoms with Gasteiger partial charge in [0.1, 0.15) is 11.8 Å². The van der Waals surface area contributed by atoms with Gasteiger partial charge in [0.05, 0.1) is 7.11 Å². The zero-order valence-electron chi connectivity index (χ0n) is 15.5. The first kappa shape index (κ1) is 20.2. The van der Waals surface area contributed by atoms with Gasteiger partial charge in [0.15, 0.2) is 17.3 Å². The molecule has 0 radical (unpaired) electrons. The minimum atomic E-state index is -0.783. The molecule has 0 amide bonds. The van der Waals surface area contributed by atoms with Gasteiger partial charge in [-0.05, 0) is 41.8 Å². The Morgan fingerprint density at radius 3 is 2.52 bits per heavy atom. The predicted octanol–water partition coefficient (Wildman–Crippen LogP) is 2.24. The summed E-state index contributed by atoms with van der Waals surface area (Å²) in [7, 11) is 1.27. The van der Waals surface area contributed by atoms with Gasteiger partial charge in [-0.1, -0.05) is 18.2 Å². The third kappa shape index (κ3) is 5.02. The molecule has 152 valence electrons. The van der Waals surface area contributed by atoms with E-state index in [-0.39, 0.29) is 23.8 Å². The fourth-order valence-electron chi connectivity index (χ4n) is 2.70. The number of aromatic nitrogens is 1. The lowest BCUT2D eigenvalue weighted by molar-refractivity contribution is -0.142. The number of rotatable bonds is 7. The lowest BCUT2D eigenvalue weighted by Gasteiger charge is -2.11. The number of carbonyl (C=O) groups is 1. The van der Waals surface area contributed by atoms with Crippen molar-refractivity contribution in [2.45, 2.75) is 18.9 Å². The van der Waals surface area contributed by atoms with Gasteiger partial charge in [-0.3, -0.25) is 9.78 Å². The number of methoxy groups -OCH3 is 1. The minimum Gasteiger partial charge on any atom is -0.492 e. The van der Waals surface area contributed by atoms with E-state index in [1.54, 1.807) is 30.3 Å². The highest BCUT2D eigenvalue weighted by atomic mass is 19.1. The monoisotopic (exact) mass is 402 g/mol. The van der Waals surface area contributed by atoms with Crippen molar-refractivity contribution in [2.75, 3.05) is 7.11 Å². The number of ether oxygens (including phenoxy) is 2. The molecule has 0 bridgehead atoms. The molecule has 3 rings (SSSR count). The first-order valence-corrected chi connectivity index (χ1v) is 8.65. The van der Waals surface area contributed by atoms with Crippen molar-refractivity contribution in [3.63, 3.8) is 0 Å². The topological polar surface area (TPSA) is 128 Å². The Kier molecular flexibility index (Phi) is 5.99. The molecule has 3 aromatic rings. The summed E-state index contributed by atoms with van der Waals surface area (Å²) in [5, 5.41) is 9.53. The van der Waals surface area contributed by atoms with Gasteiger partial charge in [0.25, 0.3) is 0 Å². The second kappa shape index (κ2) is 8.61. The zero-order valence-corrected chi connectivity index (χ0v) is 15.5. The molecule has 1 unspecified atom stereocenters. The van der Waals surface area contributed by atoms with Crippen molar-refractivity contribution in [3.8, 4) is 17.4 Å². The maximum Gasteiger partial charge on any atom is 0.419 e. The number of hydrogen-bond donors (Lipinski definition) is 3. The van der Waals surface area contributed by atoms with E-state index < -0.39 is 23.6 Å². The Morgan fingerprint density at radius 2 is 1.93 bits per heavy atom. The number of H-pyrrole nitrogens is 1. The Morgan fingerprint density at radius 1 is 1.24 bits per heavy atom. The van der Waals surface area contributed by atoms with Gasteiger partial charge in [0, 0.05) is 6.42 Å². The van der Waals surface area contributed by atoms with Gasteiger partial charge < -0.3 is 24.7 Å². The largest absolute Gasteiger partial charge is 0.492 e. The number of oxazole rings is 1. The summed E-state index contributed by atoms with van der Waals surface area (Å²) in [4.78, 5) is 24.5. The third-order valence-corrected chi connectivity index (χ3v) is 4.17. The number of nitrogens with one attached hydrogen (secondary N) is 1. The molecule has 1 aromatic heterocycles. The number of hydrogen-bond acceptors (Lipinski definition) is 7. The molecule has 1 heterocycles. The van der Waals surface area contributed by atoms with Gasteiger partial charge in [-0.2, -0.15) is 0 Å². The van der Waals surface area contributed by atoms with E-state index in [0.717, 1.165) is 5.56 Å². The van der Waals surface area contributed by atoms with Gasteiger partial charge in [-0.15, -0.1) is 0 Å². The molecule has 0 saturated heterocycles. The third-order valence-electron chi connectivity index (χ3n) is 4.17. The van der Waals surface area contributed by atoms with Crippen LogP contribution in [0, 0.1) is 5.82 Å². The highest BCUT2D eigenvalue weighted by molar-refractivity contribution is 5.75. The van der Waals surface area contributed by atoms with Crippen molar-refractivity contribution < 1.29 is 28.2 Å². The summed E-state index contributed by atoms with van der Waals surface area (Å²) in [6.45, 7) is 0. The molecule has 8 nitrogen and oxygen atoms in total. The number of halogens is 1. The quantitative estimate of drug-likeness (QED) is 0.517. The van der Waals surface area contributed by atoms with Crippen LogP contribution in [0.4, 0.5) is 4.39 Å². The number of nitrogens with two attached hydrogens (primary N) is 1. The molecular weight excluding hydrogens is 383 g/mol. The molecule has 0 aliphatic carbocycles. The average Bonchev–Trinajstić information content (AvgIpc) is 3.01. The van der Waals surface area contributed by atoms with Crippen LogP contribution in [0.1, 0.15) is 16.9 Å². The van der Waals surface area contributed by atoms with E-state index in [2.05, 4.69) is 9.72 Å². The van der Waals surface area contributed by atoms with Gasteiger partial charge in [0.2, 0.25) is 5.88 Å². The standard InChI is InChI=1S/C20H19FN2O6/c1-27-19(25)15(22)9-11-2-5-13(6-3-11)28-16-7-4-12(8-14(16)21)10-17-18(24)23-20(26)29-17/h2-8,15,24H,9-10,22H2,1H3,(H,23,26). The molecule has 4 N–H and O–H groups in total.